The van der Waals surface area contributed by atoms with Crippen LogP contribution in [-0.2, 0) is 0 Å². The van der Waals surface area contributed by atoms with Crippen molar-refractivity contribution >= 4 is 17.5 Å². The summed E-state index contributed by atoms with van der Waals surface area (Å²) in [7, 11) is 0. The van der Waals surface area contributed by atoms with Gasteiger partial charge in [0.05, 0.1) is 18.1 Å². The molecule has 5 heteroatoms. The van der Waals surface area contributed by atoms with E-state index in [1.54, 1.807) is 6.92 Å². The molecule has 1 unspecified atom stereocenters. The van der Waals surface area contributed by atoms with Crippen LogP contribution >= 0.6 is 11.6 Å². The van der Waals surface area contributed by atoms with Crippen LogP contribution in [0.25, 0.3) is 0 Å². The van der Waals surface area contributed by atoms with Crippen molar-refractivity contribution in [2.24, 2.45) is 0 Å². The van der Waals surface area contributed by atoms with Crippen molar-refractivity contribution in [2.75, 3.05) is 0 Å². The first-order valence-electron chi connectivity index (χ1n) is 4.67. The molecule has 1 amide bonds. The lowest BCUT2D eigenvalue weighted by Crippen LogP contribution is -2.32. The molecule has 0 aliphatic heterocycles. The second kappa shape index (κ2) is 5.47. The smallest absolute Gasteiger partial charge is 0.254 e. The number of hydrogen-bond donors (Lipinski definition) is 1. The Morgan fingerprint density at radius 2 is 2.38 bits per heavy atom. The number of nitriles is 1. The Labute approximate surface area is 97.8 Å². The highest BCUT2D eigenvalue weighted by molar-refractivity contribution is 6.30. The third-order valence-corrected chi connectivity index (χ3v) is 2.18. The van der Waals surface area contributed by atoms with Crippen molar-refractivity contribution in [2.45, 2.75) is 19.4 Å². The van der Waals surface area contributed by atoms with E-state index in [4.69, 9.17) is 16.9 Å². The molecular weight excluding hydrogens is 231 g/mol. The average molecular weight is 241 g/mol. The monoisotopic (exact) mass is 240 g/mol. The van der Waals surface area contributed by atoms with E-state index in [0.717, 1.165) is 6.07 Å². The Morgan fingerprint density at radius 3 is 3.00 bits per heavy atom. The molecule has 0 fully saturated rings. The van der Waals surface area contributed by atoms with Crippen molar-refractivity contribution in [3.8, 4) is 6.07 Å². The van der Waals surface area contributed by atoms with Crippen LogP contribution in [0.15, 0.2) is 18.2 Å². The largest absolute Gasteiger partial charge is 0.348 e. The van der Waals surface area contributed by atoms with Gasteiger partial charge < -0.3 is 5.32 Å². The molecule has 1 rings (SSSR count). The highest BCUT2D eigenvalue weighted by Gasteiger charge is 2.14. The third kappa shape index (κ3) is 3.21. The Bertz CT molecular complexity index is 442. The van der Waals surface area contributed by atoms with Crippen LogP contribution < -0.4 is 5.32 Å². The second-order valence-corrected chi connectivity index (χ2v) is 3.80. The predicted octanol–water partition coefficient (Wildman–Crippen LogP) is 2.51. The number of rotatable bonds is 3. The van der Waals surface area contributed by atoms with Crippen molar-refractivity contribution in [3.05, 3.63) is 34.6 Å². The van der Waals surface area contributed by atoms with E-state index in [1.807, 2.05) is 6.07 Å². The first-order chi connectivity index (χ1) is 7.54. The maximum Gasteiger partial charge on any atom is 0.254 e. The van der Waals surface area contributed by atoms with Gasteiger partial charge in [0.25, 0.3) is 5.91 Å². The first kappa shape index (κ1) is 12.5. The number of benzene rings is 1. The molecule has 0 heterocycles. The molecule has 1 aromatic carbocycles. The molecule has 84 valence electrons. The molecule has 0 aromatic heterocycles. The zero-order valence-electron chi connectivity index (χ0n) is 8.63. The van der Waals surface area contributed by atoms with Crippen LogP contribution in [0.3, 0.4) is 0 Å². The lowest BCUT2D eigenvalue weighted by atomic mass is 10.1. The SMILES string of the molecule is CC(CC#N)NC(=O)c1cc(Cl)ccc1F. The number of nitrogens with zero attached hydrogens (tertiary/aromatic N) is 1. The maximum atomic E-state index is 13.3. The summed E-state index contributed by atoms with van der Waals surface area (Å²) in [6, 6.07) is 5.35. The van der Waals surface area contributed by atoms with E-state index in [9.17, 15) is 9.18 Å². The highest BCUT2D eigenvalue weighted by Crippen LogP contribution is 2.14. The Morgan fingerprint density at radius 1 is 1.69 bits per heavy atom. The number of halogens is 2. The molecule has 0 bridgehead atoms. The van der Waals surface area contributed by atoms with Gasteiger partial charge >= 0.3 is 0 Å². The van der Waals surface area contributed by atoms with E-state index in [0.29, 0.717) is 5.02 Å². The van der Waals surface area contributed by atoms with E-state index in [-0.39, 0.29) is 18.0 Å². The topological polar surface area (TPSA) is 52.9 Å². The molecule has 16 heavy (non-hydrogen) atoms. The highest BCUT2D eigenvalue weighted by atomic mass is 35.5. The van der Waals surface area contributed by atoms with Crippen LogP contribution in [0.4, 0.5) is 4.39 Å². The van der Waals surface area contributed by atoms with E-state index < -0.39 is 11.7 Å². The Balaban J connectivity index is 2.81. The average Bonchev–Trinajstić information content (AvgIpc) is 2.21. The van der Waals surface area contributed by atoms with Gasteiger partial charge in [-0.15, -0.1) is 0 Å². The second-order valence-electron chi connectivity index (χ2n) is 3.36. The van der Waals surface area contributed by atoms with Gasteiger partial charge in [0.2, 0.25) is 0 Å². The minimum Gasteiger partial charge on any atom is -0.348 e. The van der Waals surface area contributed by atoms with Gasteiger partial charge in [-0.1, -0.05) is 11.6 Å². The molecule has 0 saturated carbocycles. The van der Waals surface area contributed by atoms with Crippen LogP contribution in [0.1, 0.15) is 23.7 Å². The van der Waals surface area contributed by atoms with Gasteiger partial charge in [-0.2, -0.15) is 5.26 Å². The number of hydrogen-bond acceptors (Lipinski definition) is 2. The van der Waals surface area contributed by atoms with E-state index >= 15 is 0 Å². The molecule has 0 saturated heterocycles. The Kier molecular flexibility index (Phi) is 4.27. The number of carbonyl (C=O) groups excluding carboxylic acids is 1. The summed E-state index contributed by atoms with van der Waals surface area (Å²) in [4.78, 5) is 11.6. The molecule has 0 aliphatic carbocycles. The van der Waals surface area contributed by atoms with Gasteiger partial charge in [-0.25, -0.2) is 4.39 Å². The first-order valence-corrected chi connectivity index (χ1v) is 5.05. The van der Waals surface area contributed by atoms with E-state index in [1.165, 1.54) is 12.1 Å². The summed E-state index contributed by atoms with van der Waals surface area (Å²) >= 11 is 5.66. The quantitative estimate of drug-likeness (QED) is 0.883. The molecule has 1 aromatic rings. The number of nitrogens with one attached hydrogen (secondary N) is 1. The summed E-state index contributed by atoms with van der Waals surface area (Å²) in [5.41, 5.74) is -0.114. The summed E-state index contributed by atoms with van der Waals surface area (Å²) in [6.45, 7) is 1.67. The minimum absolute atomic E-state index is 0.114. The zero-order valence-corrected chi connectivity index (χ0v) is 9.38. The van der Waals surface area contributed by atoms with Crippen LogP contribution in [0.2, 0.25) is 5.02 Å². The number of amides is 1. The van der Waals surface area contributed by atoms with Crippen molar-refractivity contribution in [1.82, 2.24) is 5.32 Å². The molecule has 0 radical (unpaired) electrons. The van der Waals surface area contributed by atoms with Crippen LogP contribution in [0.5, 0.6) is 0 Å². The minimum atomic E-state index is -0.633. The lowest BCUT2D eigenvalue weighted by Gasteiger charge is -2.10. The molecule has 0 spiro atoms. The molecule has 1 atom stereocenters. The fraction of sp³-hybridized carbons (Fsp3) is 0.273. The zero-order chi connectivity index (χ0) is 12.1. The van der Waals surface area contributed by atoms with Crippen molar-refractivity contribution < 1.29 is 9.18 Å². The summed E-state index contributed by atoms with van der Waals surface area (Å²) in [5, 5.41) is 11.2. The summed E-state index contributed by atoms with van der Waals surface area (Å²) in [5.74, 6) is -1.20. The van der Waals surface area contributed by atoms with Crippen LogP contribution in [-0.4, -0.2) is 11.9 Å². The van der Waals surface area contributed by atoms with Gasteiger partial charge in [0.15, 0.2) is 0 Å². The molecule has 3 nitrogen and oxygen atoms in total. The van der Waals surface area contributed by atoms with Gasteiger partial charge in [0, 0.05) is 11.1 Å². The lowest BCUT2D eigenvalue weighted by molar-refractivity contribution is 0.0937. The maximum absolute atomic E-state index is 13.3. The van der Waals surface area contributed by atoms with Gasteiger partial charge in [0.1, 0.15) is 5.82 Å². The van der Waals surface area contributed by atoms with E-state index in [2.05, 4.69) is 5.32 Å². The summed E-state index contributed by atoms with van der Waals surface area (Å²) < 4.78 is 13.3. The normalized spacial score (nSPS) is 11.6. The third-order valence-electron chi connectivity index (χ3n) is 1.95. The van der Waals surface area contributed by atoms with Crippen molar-refractivity contribution in [3.63, 3.8) is 0 Å². The number of carbonyl (C=O) groups is 1. The Hall–Kier alpha value is -1.60. The fourth-order valence-corrected chi connectivity index (χ4v) is 1.33. The van der Waals surface area contributed by atoms with Gasteiger partial charge in [-0.05, 0) is 25.1 Å². The fourth-order valence-electron chi connectivity index (χ4n) is 1.16. The predicted molar refractivity (Wildman–Crippen MR) is 58.6 cm³/mol. The molecular formula is C11H10ClFN2O. The van der Waals surface area contributed by atoms with Crippen LogP contribution in [0, 0.1) is 17.1 Å². The molecule has 1 N–H and O–H groups in total. The van der Waals surface area contributed by atoms with Crippen molar-refractivity contribution in [1.29, 1.82) is 5.26 Å². The standard InChI is InChI=1S/C11H10ClFN2O/c1-7(4-5-14)15-11(16)9-6-8(12)2-3-10(9)13/h2-3,6-7H,4H2,1H3,(H,15,16). The van der Waals surface area contributed by atoms with Gasteiger partial charge in [-0.3, -0.25) is 4.79 Å². The summed E-state index contributed by atoms with van der Waals surface area (Å²) in [6.07, 6.45) is 0.175. The molecule has 0 aliphatic rings.